The van der Waals surface area contributed by atoms with Gasteiger partial charge in [-0.25, -0.2) is 4.79 Å². The van der Waals surface area contributed by atoms with Gasteiger partial charge in [0.25, 0.3) is 5.91 Å². The summed E-state index contributed by atoms with van der Waals surface area (Å²) in [6.07, 6.45) is 3.48. The van der Waals surface area contributed by atoms with E-state index in [1.165, 1.54) is 24.8 Å². The molecule has 37 heavy (non-hydrogen) atoms. The minimum atomic E-state index is -0.482. The fraction of sp³-hybridized carbons (Fsp3) is 0.333. The molecule has 0 heterocycles. The standard InChI is InChI=1S/C30H34N4O3/c1-19(22-12-14-24(15-13-22)29(35)34-27-5-3-2-4-26(27)31)33-30(36)37-18-21-8-10-23(11-9-21)25-16-28(25)32-17-20-6-7-20/h2-5,8-15,19-20,25,28,32H,6-7,16-18,31H2,1H3,(H,33,36)(H,34,35)/t19-,25?,28?/m1/s1. The van der Waals surface area contributed by atoms with E-state index in [1.54, 1.807) is 24.3 Å². The number of ether oxygens (including phenoxy) is 1. The number of amides is 2. The summed E-state index contributed by atoms with van der Waals surface area (Å²) < 4.78 is 5.43. The molecule has 0 radical (unpaired) electrons. The first-order chi connectivity index (χ1) is 18.0. The van der Waals surface area contributed by atoms with Gasteiger partial charge in [-0.15, -0.1) is 0 Å². The topological polar surface area (TPSA) is 105 Å². The Morgan fingerprint density at radius 3 is 2.43 bits per heavy atom. The van der Waals surface area contributed by atoms with Gasteiger partial charge in [-0.3, -0.25) is 4.79 Å². The van der Waals surface area contributed by atoms with Gasteiger partial charge in [-0.2, -0.15) is 0 Å². The predicted molar refractivity (Wildman–Crippen MR) is 145 cm³/mol. The van der Waals surface area contributed by atoms with Crippen LogP contribution >= 0.6 is 0 Å². The molecule has 7 heteroatoms. The number of carbonyl (C=O) groups excluding carboxylic acids is 2. The van der Waals surface area contributed by atoms with Crippen LogP contribution in [0.5, 0.6) is 0 Å². The number of nitrogen functional groups attached to an aromatic ring is 1. The minimum Gasteiger partial charge on any atom is -0.445 e. The van der Waals surface area contributed by atoms with E-state index in [-0.39, 0.29) is 18.6 Å². The van der Waals surface area contributed by atoms with Crippen molar-refractivity contribution in [2.75, 3.05) is 17.6 Å². The van der Waals surface area contributed by atoms with E-state index in [0.29, 0.717) is 28.9 Å². The van der Waals surface area contributed by atoms with Crippen LogP contribution in [-0.2, 0) is 11.3 Å². The van der Waals surface area contributed by atoms with Crippen molar-refractivity contribution in [3.63, 3.8) is 0 Å². The van der Waals surface area contributed by atoms with Gasteiger partial charge in [0.2, 0.25) is 0 Å². The van der Waals surface area contributed by atoms with Crippen LogP contribution in [0.1, 0.15) is 65.2 Å². The largest absolute Gasteiger partial charge is 0.445 e. The molecular weight excluding hydrogens is 464 g/mol. The molecular formula is C30H34N4O3. The van der Waals surface area contributed by atoms with Crippen molar-refractivity contribution in [3.8, 4) is 0 Å². The highest BCUT2D eigenvalue weighted by Crippen LogP contribution is 2.41. The summed E-state index contributed by atoms with van der Waals surface area (Å²) in [6.45, 7) is 3.25. The third kappa shape index (κ3) is 6.68. The van der Waals surface area contributed by atoms with Crippen molar-refractivity contribution in [3.05, 3.63) is 95.1 Å². The van der Waals surface area contributed by atoms with Crippen molar-refractivity contribution in [2.45, 2.75) is 50.8 Å². The van der Waals surface area contributed by atoms with Gasteiger partial charge in [0.1, 0.15) is 6.61 Å². The number of hydrogen-bond acceptors (Lipinski definition) is 5. The average Bonchev–Trinajstić information content (AvgIpc) is 3.83. The Kier molecular flexibility index (Phi) is 7.42. The van der Waals surface area contributed by atoms with Crippen molar-refractivity contribution in [1.29, 1.82) is 0 Å². The summed E-state index contributed by atoms with van der Waals surface area (Å²) in [5, 5.41) is 9.33. The molecule has 2 amide bonds. The Morgan fingerprint density at radius 1 is 1.00 bits per heavy atom. The first-order valence-corrected chi connectivity index (χ1v) is 13.0. The normalized spacial score (nSPS) is 19.1. The number of hydrogen-bond donors (Lipinski definition) is 4. The molecule has 2 fully saturated rings. The monoisotopic (exact) mass is 498 g/mol. The summed E-state index contributed by atoms with van der Waals surface area (Å²) >= 11 is 0. The molecule has 3 aromatic rings. The SMILES string of the molecule is C[C@@H](NC(=O)OCc1ccc(C2CC2NCC2CC2)cc1)c1ccc(C(=O)Nc2ccccc2N)cc1. The van der Waals surface area contributed by atoms with Crippen LogP contribution in [0.4, 0.5) is 16.2 Å². The number of nitrogens with one attached hydrogen (secondary N) is 3. The molecule has 2 aliphatic carbocycles. The molecule has 0 aliphatic heterocycles. The van der Waals surface area contributed by atoms with E-state index in [2.05, 4.69) is 28.1 Å². The van der Waals surface area contributed by atoms with Gasteiger partial charge in [0.15, 0.2) is 0 Å². The lowest BCUT2D eigenvalue weighted by atomic mass is 10.1. The van der Waals surface area contributed by atoms with E-state index in [1.807, 2.05) is 43.3 Å². The van der Waals surface area contributed by atoms with Gasteiger partial charge < -0.3 is 26.4 Å². The Bertz CT molecular complexity index is 1240. The third-order valence-corrected chi connectivity index (χ3v) is 7.15. The second-order valence-electron chi connectivity index (χ2n) is 10.1. The highest BCUT2D eigenvalue weighted by atomic mass is 16.5. The number of anilines is 2. The molecule has 192 valence electrons. The zero-order valence-corrected chi connectivity index (χ0v) is 21.1. The van der Waals surface area contributed by atoms with Gasteiger partial charge in [0.05, 0.1) is 17.4 Å². The van der Waals surface area contributed by atoms with E-state index in [4.69, 9.17) is 10.5 Å². The summed E-state index contributed by atoms with van der Waals surface area (Å²) in [7, 11) is 0. The summed E-state index contributed by atoms with van der Waals surface area (Å²) in [5.74, 6) is 1.26. The summed E-state index contributed by atoms with van der Waals surface area (Å²) in [5.41, 5.74) is 10.7. The zero-order chi connectivity index (χ0) is 25.8. The van der Waals surface area contributed by atoms with Crippen LogP contribution in [0.3, 0.4) is 0 Å². The number of alkyl carbamates (subject to hydrolysis) is 1. The molecule has 5 rings (SSSR count). The molecule has 3 aromatic carbocycles. The lowest BCUT2D eigenvalue weighted by Gasteiger charge is -2.15. The summed E-state index contributed by atoms with van der Waals surface area (Å²) in [4.78, 5) is 24.9. The average molecular weight is 499 g/mol. The molecule has 0 saturated heterocycles. The molecule has 7 nitrogen and oxygen atoms in total. The first kappa shape index (κ1) is 24.8. The Balaban J connectivity index is 1.05. The molecule has 0 aromatic heterocycles. The molecule has 3 atom stereocenters. The first-order valence-electron chi connectivity index (χ1n) is 13.0. The molecule has 2 unspecified atom stereocenters. The predicted octanol–water partition coefficient (Wildman–Crippen LogP) is 5.36. The lowest BCUT2D eigenvalue weighted by Crippen LogP contribution is -2.27. The van der Waals surface area contributed by atoms with Crippen LogP contribution in [0.15, 0.2) is 72.8 Å². The van der Waals surface area contributed by atoms with Gasteiger partial charge in [-0.1, -0.05) is 48.5 Å². The van der Waals surface area contributed by atoms with Crippen molar-refractivity contribution >= 4 is 23.4 Å². The zero-order valence-electron chi connectivity index (χ0n) is 21.1. The van der Waals surface area contributed by atoms with Crippen LogP contribution in [0.25, 0.3) is 0 Å². The highest BCUT2D eigenvalue weighted by Gasteiger charge is 2.38. The Labute approximate surface area is 217 Å². The third-order valence-electron chi connectivity index (χ3n) is 7.15. The quantitative estimate of drug-likeness (QED) is 0.282. The molecule has 5 N–H and O–H groups in total. The maximum atomic E-state index is 12.5. The Morgan fingerprint density at radius 2 is 1.73 bits per heavy atom. The number of carbonyl (C=O) groups is 2. The lowest BCUT2D eigenvalue weighted by molar-refractivity contribution is 0.102. The van der Waals surface area contributed by atoms with Gasteiger partial charge in [-0.05, 0) is 79.6 Å². The van der Waals surface area contributed by atoms with Crippen LogP contribution < -0.4 is 21.7 Å². The second-order valence-corrected chi connectivity index (χ2v) is 10.1. The van der Waals surface area contributed by atoms with E-state index >= 15 is 0 Å². The Hall–Kier alpha value is -3.84. The number of nitrogens with two attached hydrogens (primary N) is 1. The highest BCUT2D eigenvalue weighted by molar-refractivity contribution is 6.05. The fourth-order valence-corrected chi connectivity index (χ4v) is 4.47. The maximum Gasteiger partial charge on any atom is 0.407 e. The number of benzene rings is 3. The van der Waals surface area contributed by atoms with Gasteiger partial charge in [0, 0.05) is 17.5 Å². The maximum absolute atomic E-state index is 12.5. The van der Waals surface area contributed by atoms with Gasteiger partial charge >= 0.3 is 6.09 Å². The molecule has 0 spiro atoms. The number of rotatable bonds is 10. The van der Waals surface area contributed by atoms with Crippen LogP contribution in [0, 0.1) is 5.92 Å². The minimum absolute atomic E-state index is 0.217. The van der Waals surface area contributed by atoms with Crippen LogP contribution in [0.2, 0.25) is 0 Å². The van der Waals surface area contributed by atoms with Crippen molar-refractivity contribution in [2.24, 2.45) is 5.92 Å². The second kappa shape index (κ2) is 11.0. The molecule has 2 saturated carbocycles. The van der Waals surface area contributed by atoms with E-state index in [9.17, 15) is 9.59 Å². The van der Waals surface area contributed by atoms with E-state index < -0.39 is 6.09 Å². The smallest absolute Gasteiger partial charge is 0.407 e. The molecule has 2 aliphatic rings. The fourth-order valence-electron chi connectivity index (χ4n) is 4.47. The van der Waals surface area contributed by atoms with Crippen LogP contribution in [-0.4, -0.2) is 24.6 Å². The summed E-state index contributed by atoms with van der Waals surface area (Å²) in [6, 6.07) is 22.9. The van der Waals surface area contributed by atoms with E-state index in [0.717, 1.165) is 23.6 Å². The molecule has 0 bridgehead atoms. The van der Waals surface area contributed by atoms with Crippen molar-refractivity contribution in [1.82, 2.24) is 10.6 Å². The van der Waals surface area contributed by atoms with Crippen molar-refractivity contribution < 1.29 is 14.3 Å². The number of para-hydroxylation sites is 2.